The number of alkyl carbamates (subject to hydrolysis) is 1. The van der Waals surface area contributed by atoms with Crippen LogP contribution in [0.25, 0.3) is 0 Å². The van der Waals surface area contributed by atoms with Crippen LogP contribution >= 0.6 is 11.8 Å². The van der Waals surface area contributed by atoms with E-state index >= 15 is 0 Å². The fraction of sp³-hybridized carbons (Fsp3) is 0.438. The number of hydrogen-bond donors (Lipinski definition) is 10. The molecule has 0 fully saturated rings. The maximum atomic E-state index is 14.8. The Morgan fingerprint density at radius 3 is 1.42 bits per heavy atom. The molecule has 0 saturated heterocycles. The summed E-state index contributed by atoms with van der Waals surface area (Å²) in [5, 5.41) is 29.8. The highest BCUT2D eigenvalue weighted by atomic mass is 32.2. The van der Waals surface area contributed by atoms with Gasteiger partial charge in [0.15, 0.2) is 6.04 Å². The van der Waals surface area contributed by atoms with Crippen molar-refractivity contribution < 1.29 is 71.7 Å². The van der Waals surface area contributed by atoms with Gasteiger partial charge in [0.2, 0.25) is 53.2 Å². The van der Waals surface area contributed by atoms with E-state index in [1.165, 1.54) is 18.7 Å². The maximum Gasteiger partial charge on any atom is 0.408 e. The monoisotopic (exact) mass is 1410 g/mol. The molecule has 0 bridgehead atoms. The molecule has 9 unspecified atom stereocenters. The number of carbonyl (C=O) groups is 11. The third-order valence-electron chi connectivity index (χ3n) is 15.4. The zero-order valence-electron chi connectivity index (χ0n) is 58.8. The van der Waals surface area contributed by atoms with Crippen molar-refractivity contribution in [3.8, 4) is 5.75 Å². The Balaban J connectivity index is 1.35. The summed E-state index contributed by atoms with van der Waals surface area (Å²) in [6, 6.07) is 28.6. The molecule has 10 amide bonds. The molecule has 0 aliphatic carbocycles. The quantitative estimate of drug-likeness (QED) is 0.0156. The second-order valence-corrected chi connectivity index (χ2v) is 26.8. The molecule has 5 aromatic rings. The van der Waals surface area contributed by atoms with Crippen molar-refractivity contribution in [2.24, 2.45) is 33.5 Å². The molecule has 0 saturated carbocycles. The fourth-order valence-corrected chi connectivity index (χ4v) is 10.5. The van der Waals surface area contributed by atoms with Crippen molar-refractivity contribution in [3.63, 3.8) is 0 Å². The number of ether oxygens (including phenoxy) is 4. The van der Waals surface area contributed by atoms with Crippen molar-refractivity contribution in [1.82, 2.24) is 42.5 Å². The molecule has 101 heavy (non-hydrogen) atoms. The summed E-state index contributed by atoms with van der Waals surface area (Å²) in [5.74, 6) is -8.86. The molecule has 5 aromatic carbocycles. The van der Waals surface area contributed by atoms with Gasteiger partial charge in [0.05, 0.1) is 37.6 Å². The standard InChI is InChI=1S/C73H96N12O15S/c1-44(2)38-56(78-67(91)57(39-47-20-14-11-15-21-47)79-64(88)54(34-35-60(74)86)77-70(94)62(45(3)4)82-68(92)58(40-48-22-16-12-17-23-48)81-72(96)100-73(6,7)8)66(90)76-55(36-37-101-10)65(89)80-59(41-61(75)87)69(93)83-63(46(5)98-42-49-24-18-13-19-25-49)71(95)99-43-50-26-28-51(29-27-50)84-85-52-30-32-53(97-9)33-31-52/h11-33,44-46,54-59,62-63H,34-43H2,1-10H3,(H2,74,86)(H2,75,87)(H,76,90)(H,77,94)(H,78,91)(H,79,88)(H,80,89)(H,81,96)(H,82,92)(H,83,93)/b85-84+. The zero-order chi connectivity index (χ0) is 74.2. The predicted octanol–water partition coefficient (Wildman–Crippen LogP) is 6.13. The summed E-state index contributed by atoms with van der Waals surface area (Å²) in [6.45, 7) is 13.2. The highest BCUT2D eigenvalue weighted by molar-refractivity contribution is 7.98. The molecular formula is C73H96N12O15S. The van der Waals surface area contributed by atoms with Crippen molar-refractivity contribution in [2.75, 3.05) is 19.1 Å². The molecule has 0 aliphatic heterocycles. The van der Waals surface area contributed by atoms with E-state index in [1.807, 2.05) is 6.07 Å². The van der Waals surface area contributed by atoms with Gasteiger partial charge < -0.3 is 72.9 Å². The van der Waals surface area contributed by atoms with Crippen LogP contribution in [0, 0.1) is 11.8 Å². The van der Waals surface area contributed by atoms with Crippen LogP contribution in [0.4, 0.5) is 16.2 Å². The van der Waals surface area contributed by atoms with Crippen molar-refractivity contribution in [1.29, 1.82) is 0 Å². The number of azo groups is 1. The average molecular weight is 1410 g/mol. The van der Waals surface area contributed by atoms with E-state index in [1.54, 1.807) is 195 Å². The summed E-state index contributed by atoms with van der Waals surface area (Å²) in [5.41, 5.74) is 14.0. The number of hydrogen-bond acceptors (Lipinski definition) is 18. The van der Waals surface area contributed by atoms with E-state index in [4.69, 9.17) is 30.4 Å². The van der Waals surface area contributed by atoms with Crippen molar-refractivity contribution >= 4 is 88.4 Å². The van der Waals surface area contributed by atoms with Gasteiger partial charge in [-0.1, -0.05) is 131 Å². The summed E-state index contributed by atoms with van der Waals surface area (Å²) >= 11 is 1.33. The molecule has 0 heterocycles. The second kappa shape index (κ2) is 41.4. The molecule has 0 aliphatic rings. The van der Waals surface area contributed by atoms with Crippen LogP contribution in [0.3, 0.4) is 0 Å². The number of esters is 1. The minimum atomic E-state index is -1.71. The lowest BCUT2D eigenvalue weighted by molar-refractivity contribution is -0.154. The molecule has 27 nitrogen and oxygen atoms in total. The number of benzene rings is 5. The van der Waals surface area contributed by atoms with Crippen LogP contribution in [-0.2, 0) is 88.2 Å². The smallest absolute Gasteiger partial charge is 0.408 e. The number of nitrogens with one attached hydrogen (secondary N) is 8. The van der Waals surface area contributed by atoms with Crippen LogP contribution in [0.2, 0.25) is 0 Å². The van der Waals surface area contributed by atoms with Gasteiger partial charge in [-0.15, -0.1) is 0 Å². The molecule has 5 rings (SSSR count). The van der Waals surface area contributed by atoms with Gasteiger partial charge in [0.1, 0.15) is 60.3 Å². The largest absolute Gasteiger partial charge is 0.497 e. The summed E-state index contributed by atoms with van der Waals surface area (Å²) in [7, 11) is 1.56. The summed E-state index contributed by atoms with van der Waals surface area (Å²) in [6.07, 6.45) is -1.86. The Bertz CT molecular complexity index is 3560. The first-order valence-electron chi connectivity index (χ1n) is 33.2. The predicted molar refractivity (Wildman–Crippen MR) is 381 cm³/mol. The Hall–Kier alpha value is -10.2. The minimum Gasteiger partial charge on any atom is -0.497 e. The Morgan fingerprint density at radius 2 is 0.911 bits per heavy atom. The van der Waals surface area contributed by atoms with Crippen LogP contribution in [-0.4, -0.2) is 144 Å². The minimum absolute atomic E-state index is 0.00300. The topological polar surface area (TPSA) is 398 Å². The second-order valence-electron chi connectivity index (χ2n) is 25.9. The first-order chi connectivity index (χ1) is 48.0. The first kappa shape index (κ1) is 81.5. The fourth-order valence-electron chi connectivity index (χ4n) is 10.1. The molecule has 0 radical (unpaired) electrons. The number of thioether (sulfide) groups is 1. The zero-order valence-corrected chi connectivity index (χ0v) is 59.6. The lowest BCUT2D eigenvalue weighted by Crippen LogP contribution is -2.61. The first-order valence-corrected chi connectivity index (χ1v) is 34.6. The van der Waals surface area contributed by atoms with Crippen LogP contribution in [0.5, 0.6) is 5.75 Å². The van der Waals surface area contributed by atoms with Crippen LogP contribution in [0.1, 0.15) is 110 Å². The molecule has 9 atom stereocenters. The van der Waals surface area contributed by atoms with Gasteiger partial charge in [-0.05, 0) is 129 Å². The van der Waals surface area contributed by atoms with E-state index in [0.29, 0.717) is 33.8 Å². The van der Waals surface area contributed by atoms with E-state index in [2.05, 4.69) is 52.8 Å². The molecule has 0 aromatic heterocycles. The lowest BCUT2D eigenvalue weighted by atomic mass is 9.99. The number of nitrogens with two attached hydrogens (primary N) is 2. The lowest BCUT2D eigenvalue weighted by Gasteiger charge is -2.29. The highest BCUT2D eigenvalue weighted by Crippen LogP contribution is 2.23. The van der Waals surface area contributed by atoms with Crippen molar-refractivity contribution in [2.45, 2.75) is 174 Å². The average Bonchev–Trinajstić information content (AvgIpc) is 0.904. The SMILES string of the molecule is COc1ccc(/N=N/c2ccc(COC(=O)C(NC(=O)C(CC(N)=O)NC(=O)C(CCSC)NC(=O)C(CC(C)C)NC(=O)C(Cc3ccccc3)NC(=O)C(CCC(N)=O)NC(=O)C(NC(=O)C(Cc3ccccc3)NC(=O)OC(C)(C)C)C(C)C)C(C)OCc3ccccc3)cc2)cc1. The van der Waals surface area contributed by atoms with E-state index < -0.39 is 144 Å². The Morgan fingerprint density at radius 1 is 0.475 bits per heavy atom. The summed E-state index contributed by atoms with van der Waals surface area (Å²) < 4.78 is 22.5. The van der Waals surface area contributed by atoms with Gasteiger partial charge >= 0.3 is 12.1 Å². The van der Waals surface area contributed by atoms with Gasteiger partial charge in [-0.2, -0.15) is 22.0 Å². The maximum absolute atomic E-state index is 14.8. The van der Waals surface area contributed by atoms with E-state index in [-0.39, 0.29) is 57.0 Å². The highest BCUT2D eigenvalue weighted by Gasteiger charge is 2.38. The van der Waals surface area contributed by atoms with Crippen LogP contribution < -0.4 is 58.7 Å². The van der Waals surface area contributed by atoms with Gasteiger partial charge in [0.25, 0.3) is 0 Å². The Labute approximate surface area is 593 Å². The number of carbonyl (C=O) groups excluding carboxylic acids is 11. The van der Waals surface area contributed by atoms with Gasteiger partial charge in [0, 0.05) is 19.3 Å². The molecule has 0 spiro atoms. The molecule has 28 heteroatoms. The van der Waals surface area contributed by atoms with Gasteiger partial charge in [-0.25, -0.2) is 9.59 Å². The third kappa shape index (κ3) is 29.6. The normalized spacial score (nSPS) is 14.0. The van der Waals surface area contributed by atoms with Crippen LogP contribution in [0.15, 0.2) is 150 Å². The molecular weight excluding hydrogens is 1320 g/mol. The third-order valence-corrected chi connectivity index (χ3v) is 16.1. The van der Waals surface area contributed by atoms with E-state index in [9.17, 15) is 52.7 Å². The summed E-state index contributed by atoms with van der Waals surface area (Å²) in [4.78, 5) is 154. The Kier molecular flexibility index (Phi) is 33.4. The van der Waals surface area contributed by atoms with Gasteiger partial charge in [-0.3, -0.25) is 43.2 Å². The van der Waals surface area contributed by atoms with Crippen molar-refractivity contribution in [3.05, 3.63) is 162 Å². The van der Waals surface area contributed by atoms with E-state index in [0.717, 1.165) is 5.56 Å². The number of methoxy groups -OCH3 is 1. The number of primary amides is 2. The molecule has 544 valence electrons. The number of nitrogens with zero attached hydrogens (tertiary/aromatic N) is 2. The number of amides is 10. The molecule has 12 N–H and O–H groups in total. The number of rotatable bonds is 40.